The Balaban J connectivity index is 1.98. The molecule has 1 fully saturated rings. The smallest absolute Gasteiger partial charge is 0.390 e. The van der Waals surface area contributed by atoms with Crippen molar-refractivity contribution in [2.75, 3.05) is 12.9 Å². The van der Waals surface area contributed by atoms with Gasteiger partial charge in [-0.15, -0.1) is 5.10 Å². The van der Waals surface area contributed by atoms with Crippen LogP contribution in [0.25, 0.3) is 0 Å². The number of nitrogens with zero attached hydrogens (tertiary/aromatic N) is 2. The van der Waals surface area contributed by atoms with Crippen molar-refractivity contribution in [2.45, 2.75) is 50.5 Å². The first kappa shape index (κ1) is 15.2. The lowest BCUT2D eigenvalue weighted by Crippen LogP contribution is -2.30. The molecule has 1 aliphatic carbocycles. The molecule has 1 aliphatic rings. The van der Waals surface area contributed by atoms with E-state index in [1.807, 2.05) is 0 Å². The molecule has 0 unspecified atom stereocenters. The van der Waals surface area contributed by atoms with E-state index in [-0.39, 0.29) is 30.0 Å². The van der Waals surface area contributed by atoms with Crippen LogP contribution in [0, 0.1) is 0 Å². The fourth-order valence-electron chi connectivity index (χ4n) is 2.48. The van der Waals surface area contributed by atoms with E-state index in [1.54, 1.807) is 0 Å². The van der Waals surface area contributed by atoms with Crippen LogP contribution in [0.5, 0.6) is 0 Å². The maximum absolute atomic E-state index is 12.2. The van der Waals surface area contributed by atoms with Crippen molar-refractivity contribution < 1.29 is 17.6 Å². The minimum absolute atomic E-state index is 0.0326. The molecule has 1 saturated carbocycles. The summed E-state index contributed by atoms with van der Waals surface area (Å²) in [5.74, 6) is -0.556. The van der Waals surface area contributed by atoms with Gasteiger partial charge in [0.05, 0.1) is 17.5 Å². The molecular formula is C12H20N2O5S. The number of aromatic nitrogens is 2. The Bertz CT molecular complexity index is 583. The number of rotatable bonds is 6. The van der Waals surface area contributed by atoms with Crippen molar-refractivity contribution >= 4 is 9.84 Å². The Morgan fingerprint density at radius 3 is 2.70 bits per heavy atom. The molecule has 1 aromatic rings. The summed E-state index contributed by atoms with van der Waals surface area (Å²) < 4.78 is 35.1. The average molecular weight is 304 g/mol. The molecular weight excluding hydrogens is 284 g/mol. The third-order valence-corrected chi connectivity index (χ3v) is 5.80. The Hall–Kier alpha value is -1.15. The fourth-order valence-corrected chi connectivity index (χ4v) is 4.29. The van der Waals surface area contributed by atoms with E-state index in [9.17, 15) is 13.2 Å². The molecule has 0 saturated heterocycles. The first-order valence-corrected chi connectivity index (χ1v) is 8.52. The quantitative estimate of drug-likeness (QED) is 0.769. The minimum Gasteiger partial charge on any atom is -0.390 e. The van der Waals surface area contributed by atoms with Crippen LogP contribution in [-0.4, -0.2) is 36.3 Å². The summed E-state index contributed by atoms with van der Waals surface area (Å²) in [4.78, 5) is 11.5. The van der Waals surface area contributed by atoms with Gasteiger partial charge in [-0.3, -0.25) is 0 Å². The van der Waals surface area contributed by atoms with Gasteiger partial charge in [0.25, 0.3) is 0 Å². The zero-order valence-corrected chi connectivity index (χ0v) is 12.4. The summed E-state index contributed by atoms with van der Waals surface area (Å²) in [6.07, 6.45) is 4.49. The SMILES string of the molecule is COCc1nn(CCS(=O)(=O)C2CCCCC2)c(=O)o1. The van der Waals surface area contributed by atoms with Crippen LogP contribution in [0.15, 0.2) is 9.21 Å². The van der Waals surface area contributed by atoms with Crippen molar-refractivity contribution in [1.29, 1.82) is 0 Å². The van der Waals surface area contributed by atoms with E-state index in [0.717, 1.165) is 36.8 Å². The standard InChI is InChI=1S/C12H20N2O5S/c1-18-9-11-13-14(12(15)19-11)7-8-20(16,17)10-5-3-2-4-6-10/h10H,2-9H2,1H3. The monoisotopic (exact) mass is 304 g/mol. The van der Waals surface area contributed by atoms with Crippen molar-refractivity contribution in [2.24, 2.45) is 0 Å². The number of hydrogen-bond acceptors (Lipinski definition) is 6. The van der Waals surface area contributed by atoms with Gasteiger partial charge in [0.1, 0.15) is 6.61 Å². The van der Waals surface area contributed by atoms with Gasteiger partial charge in [-0.05, 0) is 12.8 Å². The molecule has 0 aromatic carbocycles. The van der Waals surface area contributed by atoms with E-state index in [1.165, 1.54) is 7.11 Å². The Morgan fingerprint density at radius 1 is 1.35 bits per heavy atom. The summed E-state index contributed by atoms with van der Waals surface area (Å²) >= 11 is 0. The van der Waals surface area contributed by atoms with Gasteiger partial charge in [-0.25, -0.2) is 13.2 Å². The van der Waals surface area contributed by atoms with E-state index >= 15 is 0 Å². The first-order valence-electron chi connectivity index (χ1n) is 6.80. The summed E-state index contributed by atoms with van der Waals surface area (Å²) in [5.41, 5.74) is 0. The molecule has 1 aromatic heterocycles. The molecule has 0 radical (unpaired) electrons. The number of sulfone groups is 1. The highest BCUT2D eigenvalue weighted by Gasteiger charge is 2.27. The van der Waals surface area contributed by atoms with Gasteiger partial charge in [-0.1, -0.05) is 19.3 Å². The lowest BCUT2D eigenvalue weighted by Gasteiger charge is -2.21. The van der Waals surface area contributed by atoms with E-state index in [0.29, 0.717) is 0 Å². The van der Waals surface area contributed by atoms with Gasteiger partial charge in [0, 0.05) is 7.11 Å². The van der Waals surface area contributed by atoms with Gasteiger partial charge in [-0.2, -0.15) is 4.68 Å². The molecule has 0 N–H and O–H groups in total. The third-order valence-electron chi connectivity index (χ3n) is 3.56. The second kappa shape index (κ2) is 6.53. The second-order valence-corrected chi connectivity index (χ2v) is 7.45. The predicted molar refractivity (Wildman–Crippen MR) is 72.1 cm³/mol. The highest BCUT2D eigenvalue weighted by Crippen LogP contribution is 2.24. The molecule has 0 bridgehead atoms. The molecule has 0 amide bonds. The van der Waals surface area contributed by atoms with Gasteiger partial charge in [0.15, 0.2) is 9.84 Å². The van der Waals surface area contributed by atoms with Crippen LogP contribution in [0.4, 0.5) is 0 Å². The van der Waals surface area contributed by atoms with Crippen LogP contribution in [0.1, 0.15) is 38.0 Å². The molecule has 0 aliphatic heterocycles. The van der Waals surface area contributed by atoms with Crippen LogP contribution in [0.3, 0.4) is 0 Å². The van der Waals surface area contributed by atoms with Gasteiger partial charge < -0.3 is 9.15 Å². The zero-order chi connectivity index (χ0) is 14.6. The van der Waals surface area contributed by atoms with Crippen LogP contribution in [0.2, 0.25) is 0 Å². The molecule has 2 rings (SSSR count). The Kier molecular flexibility index (Phi) is 4.98. The first-order chi connectivity index (χ1) is 9.53. The van der Waals surface area contributed by atoms with Crippen molar-refractivity contribution in [3.8, 4) is 0 Å². The Morgan fingerprint density at radius 2 is 2.05 bits per heavy atom. The molecule has 114 valence electrons. The molecule has 0 atom stereocenters. The summed E-state index contributed by atoms with van der Waals surface area (Å²) in [7, 11) is -1.71. The summed E-state index contributed by atoms with van der Waals surface area (Å²) in [5, 5.41) is 3.63. The zero-order valence-electron chi connectivity index (χ0n) is 11.6. The predicted octanol–water partition coefficient (Wildman–Crippen LogP) is 0.730. The number of hydrogen-bond donors (Lipinski definition) is 0. The van der Waals surface area contributed by atoms with Gasteiger partial charge in [0.2, 0.25) is 5.89 Å². The summed E-state index contributed by atoms with van der Waals surface area (Å²) in [6, 6.07) is 0. The molecule has 0 spiro atoms. The average Bonchev–Trinajstić information content (AvgIpc) is 2.78. The number of ether oxygens (including phenoxy) is 1. The van der Waals surface area contributed by atoms with Crippen molar-refractivity contribution in [3.63, 3.8) is 0 Å². The van der Waals surface area contributed by atoms with Crippen LogP contribution in [-0.2, 0) is 27.7 Å². The highest BCUT2D eigenvalue weighted by atomic mass is 32.2. The van der Waals surface area contributed by atoms with E-state index < -0.39 is 15.6 Å². The van der Waals surface area contributed by atoms with Gasteiger partial charge >= 0.3 is 5.76 Å². The lowest BCUT2D eigenvalue weighted by atomic mass is 10.0. The van der Waals surface area contributed by atoms with E-state index in [2.05, 4.69) is 5.10 Å². The molecule has 20 heavy (non-hydrogen) atoms. The van der Waals surface area contributed by atoms with Crippen molar-refractivity contribution in [3.05, 3.63) is 16.4 Å². The second-order valence-electron chi connectivity index (χ2n) is 5.04. The Labute approximate surface area is 117 Å². The number of aryl methyl sites for hydroxylation is 1. The summed E-state index contributed by atoms with van der Waals surface area (Å²) in [6.45, 7) is 0.127. The topological polar surface area (TPSA) is 91.4 Å². The van der Waals surface area contributed by atoms with Crippen molar-refractivity contribution in [1.82, 2.24) is 9.78 Å². The van der Waals surface area contributed by atoms with Crippen LogP contribution < -0.4 is 5.76 Å². The van der Waals surface area contributed by atoms with Crippen LogP contribution >= 0.6 is 0 Å². The van der Waals surface area contributed by atoms with E-state index in [4.69, 9.17) is 9.15 Å². The third kappa shape index (κ3) is 3.69. The highest BCUT2D eigenvalue weighted by molar-refractivity contribution is 7.92. The fraction of sp³-hybridized carbons (Fsp3) is 0.833. The minimum atomic E-state index is -3.17. The molecule has 8 heteroatoms. The molecule has 1 heterocycles. The largest absolute Gasteiger partial charge is 0.437 e. The number of methoxy groups -OCH3 is 1. The maximum Gasteiger partial charge on any atom is 0.437 e. The lowest BCUT2D eigenvalue weighted by molar-refractivity contribution is 0.158. The normalized spacial score (nSPS) is 17.4. The maximum atomic E-state index is 12.2. The molecule has 7 nitrogen and oxygen atoms in total.